The Morgan fingerprint density at radius 2 is 2.17 bits per heavy atom. The zero-order valence-corrected chi connectivity index (χ0v) is 9.97. The number of hydrogen-bond acceptors (Lipinski definition) is 5. The monoisotopic (exact) mass is 248 g/mol. The molecule has 0 radical (unpaired) electrons. The average Bonchev–Trinajstić information content (AvgIpc) is 2.92. The summed E-state index contributed by atoms with van der Waals surface area (Å²) in [6, 6.07) is 5.10. The summed E-state index contributed by atoms with van der Waals surface area (Å²) in [5.74, 6) is 0.867. The van der Waals surface area contributed by atoms with Crippen LogP contribution in [0.3, 0.4) is 0 Å². The van der Waals surface area contributed by atoms with Gasteiger partial charge in [-0.25, -0.2) is 4.98 Å². The minimum absolute atomic E-state index is 0.125. The van der Waals surface area contributed by atoms with Gasteiger partial charge in [0.15, 0.2) is 6.39 Å². The fourth-order valence-corrected chi connectivity index (χ4v) is 1.42. The van der Waals surface area contributed by atoms with Crippen molar-refractivity contribution in [1.82, 2.24) is 4.98 Å². The Balaban J connectivity index is 2.24. The standard InChI is InChI=1S/C12H12N2O4/c1-16-8-3-4-10(17-2)9(5-8)14-12(15)11-6-13-7-18-11/h3-7H,1-2H3,(H,14,15). The highest BCUT2D eigenvalue weighted by molar-refractivity contribution is 6.03. The molecule has 94 valence electrons. The van der Waals surface area contributed by atoms with Crippen LogP contribution >= 0.6 is 0 Å². The summed E-state index contributed by atoms with van der Waals surface area (Å²) in [7, 11) is 3.07. The summed E-state index contributed by atoms with van der Waals surface area (Å²) in [5.41, 5.74) is 0.498. The molecule has 0 unspecified atom stereocenters. The number of ether oxygens (including phenoxy) is 2. The molecule has 6 heteroatoms. The first-order valence-corrected chi connectivity index (χ1v) is 5.16. The first-order valence-electron chi connectivity index (χ1n) is 5.16. The van der Waals surface area contributed by atoms with Crippen molar-refractivity contribution in [3.8, 4) is 11.5 Å². The highest BCUT2D eigenvalue weighted by atomic mass is 16.5. The number of methoxy groups -OCH3 is 2. The molecule has 2 aromatic rings. The molecule has 1 aromatic heterocycles. The third-order valence-corrected chi connectivity index (χ3v) is 2.31. The molecular formula is C12H12N2O4. The minimum atomic E-state index is -0.404. The molecule has 0 saturated carbocycles. The van der Waals surface area contributed by atoms with E-state index in [0.717, 1.165) is 0 Å². The van der Waals surface area contributed by atoms with E-state index in [2.05, 4.69) is 10.3 Å². The largest absolute Gasteiger partial charge is 0.497 e. The number of carbonyl (C=O) groups is 1. The van der Waals surface area contributed by atoms with Gasteiger partial charge < -0.3 is 19.2 Å². The number of benzene rings is 1. The van der Waals surface area contributed by atoms with E-state index in [-0.39, 0.29) is 5.76 Å². The van der Waals surface area contributed by atoms with Crippen LogP contribution in [0.5, 0.6) is 11.5 Å². The molecule has 0 atom stereocenters. The fraction of sp³-hybridized carbons (Fsp3) is 0.167. The van der Waals surface area contributed by atoms with E-state index in [9.17, 15) is 4.79 Å². The number of carbonyl (C=O) groups excluding carboxylic acids is 1. The highest BCUT2D eigenvalue weighted by Gasteiger charge is 2.13. The van der Waals surface area contributed by atoms with Gasteiger partial charge in [-0.05, 0) is 12.1 Å². The van der Waals surface area contributed by atoms with E-state index in [1.165, 1.54) is 19.7 Å². The van der Waals surface area contributed by atoms with Gasteiger partial charge in [-0.15, -0.1) is 0 Å². The molecule has 0 saturated heterocycles. The smallest absolute Gasteiger partial charge is 0.293 e. The Kier molecular flexibility index (Phi) is 3.47. The number of oxazole rings is 1. The lowest BCUT2D eigenvalue weighted by atomic mass is 10.2. The summed E-state index contributed by atoms with van der Waals surface area (Å²) in [5, 5.41) is 2.66. The topological polar surface area (TPSA) is 73.6 Å². The fourth-order valence-electron chi connectivity index (χ4n) is 1.42. The van der Waals surface area contributed by atoms with Crippen LogP contribution in [0.4, 0.5) is 5.69 Å². The maximum Gasteiger partial charge on any atom is 0.293 e. The van der Waals surface area contributed by atoms with E-state index in [1.807, 2.05) is 0 Å². The highest BCUT2D eigenvalue weighted by Crippen LogP contribution is 2.29. The van der Waals surface area contributed by atoms with E-state index < -0.39 is 5.91 Å². The summed E-state index contributed by atoms with van der Waals surface area (Å²) in [6.07, 6.45) is 2.53. The summed E-state index contributed by atoms with van der Waals surface area (Å²) >= 11 is 0. The molecule has 0 aliphatic heterocycles. The van der Waals surface area contributed by atoms with E-state index in [1.54, 1.807) is 25.3 Å². The van der Waals surface area contributed by atoms with Gasteiger partial charge in [-0.3, -0.25) is 4.79 Å². The van der Waals surface area contributed by atoms with Gasteiger partial charge in [0.25, 0.3) is 5.91 Å². The molecule has 0 fully saturated rings. The molecule has 1 N–H and O–H groups in total. The Labute approximate surface area is 104 Å². The molecular weight excluding hydrogens is 236 g/mol. The number of anilines is 1. The molecule has 1 aromatic carbocycles. The molecule has 1 amide bonds. The number of nitrogens with zero attached hydrogens (tertiary/aromatic N) is 1. The Morgan fingerprint density at radius 1 is 1.33 bits per heavy atom. The second-order valence-corrected chi connectivity index (χ2v) is 3.39. The van der Waals surface area contributed by atoms with Gasteiger partial charge in [0.05, 0.1) is 26.1 Å². The molecule has 0 bridgehead atoms. The average molecular weight is 248 g/mol. The number of amides is 1. The van der Waals surface area contributed by atoms with Crippen LogP contribution in [0, 0.1) is 0 Å². The van der Waals surface area contributed by atoms with Crippen molar-refractivity contribution in [2.45, 2.75) is 0 Å². The van der Waals surface area contributed by atoms with Gasteiger partial charge in [0.1, 0.15) is 11.5 Å². The Morgan fingerprint density at radius 3 is 2.78 bits per heavy atom. The van der Waals surface area contributed by atoms with Crippen molar-refractivity contribution in [3.05, 3.63) is 36.5 Å². The summed E-state index contributed by atoms with van der Waals surface area (Å²) in [6.45, 7) is 0. The molecule has 18 heavy (non-hydrogen) atoms. The predicted molar refractivity (Wildman–Crippen MR) is 64.0 cm³/mol. The first-order chi connectivity index (χ1) is 8.74. The first kappa shape index (κ1) is 12.0. The number of aromatic nitrogens is 1. The molecule has 0 aliphatic rings. The van der Waals surface area contributed by atoms with Crippen molar-refractivity contribution in [2.75, 3.05) is 19.5 Å². The zero-order chi connectivity index (χ0) is 13.0. The van der Waals surface area contributed by atoms with Crippen LogP contribution in [0.1, 0.15) is 10.6 Å². The molecule has 0 aliphatic carbocycles. The quantitative estimate of drug-likeness (QED) is 0.895. The molecule has 6 nitrogen and oxygen atoms in total. The van der Waals surface area contributed by atoms with E-state index in [4.69, 9.17) is 13.9 Å². The van der Waals surface area contributed by atoms with Crippen molar-refractivity contribution < 1.29 is 18.7 Å². The maximum atomic E-state index is 11.8. The molecule has 2 rings (SSSR count). The normalized spacial score (nSPS) is 9.89. The van der Waals surface area contributed by atoms with Crippen molar-refractivity contribution in [2.24, 2.45) is 0 Å². The van der Waals surface area contributed by atoms with Crippen LogP contribution < -0.4 is 14.8 Å². The maximum absolute atomic E-state index is 11.8. The third kappa shape index (κ3) is 2.42. The minimum Gasteiger partial charge on any atom is -0.497 e. The van der Waals surface area contributed by atoms with Crippen LogP contribution in [0.2, 0.25) is 0 Å². The predicted octanol–water partition coefficient (Wildman–Crippen LogP) is 1.94. The summed E-state index contributed by atoms with van der Waals surface area (Å²) in [4.78, 5) is 15.5. The van der Waals surface area contributed by atoms with Gasteiger partial charge in [0.2, 0.25) is 5.76 Å². The van der Waals surface area contributed by atoms with Gasteiger partial charge in [0, 0.05) is 6.07 Å². The van der Waals surface area contributed by atoms with Crippen molar-refractivity contribution in [1.29, 1.82) is 0 Å². The van der Waals surface area contributed by atoms with Gasteiger partial charge >= 0.3 is 0 Å². The second-order valence-electron chi connectivity index (χ2n) is 3.39. The van der Waals surface area contributed by atoms with Crippen LogP contribution in [-0.2, 0) is 0 Å². The number of rotatable bonds is 4. The van der Waals surface area contributed by atoms with Crippen molar-refractivity contribution in [3.63, 3.8) is 0 Å². The lowest BCUT2D eigenvalue weighted by Gasteiger charge is -2.10. The van der Waals surface area contributed by atoms with Crippen LogP contribution in [-0.4, -0.2) is 25.1 Å². The van der Waals surface area contributed by atoms with Crippen LogP contribution in [0.15, 0.2) is 35.2 Å². The van der Waals surface area contributed by atoms with Gasteiger partial charge in [-0.1, -0.05) is 0 Å². The zero-order valence-electron chi connectivity index (χ0n) is 9.97. The number of nitrogens with one attached hydrogen (secondary N) is 1. The number of hydrogen-bond donors (Lipinski definition) is 1. The summed E-state index contributed by atoms with van der Waals surface area (Å²) < 4.78 is 15.1. The second kappa shape index (κ2) is 5.22. The Bertz CT molecular complexity index is 537. The van der Waals surface area contributed by atoms with Crippen LogP contribution in [0.25, 0.3) is 0 Å². The lowest BCUT2D eigenvalue weighted by Crippen LogP contribution is -2.11. The molecule has 1 heterocycles. The van der Waals surface area contributed by atoms with Crippen molar-refractivity contribution >= 4 is 11.6 Å². The third-order valence-electron chi connectivity index (χ3n) is 2.31. The Hall–Kier alpha value is -2.50. The molecule has 0 spiro atoms. The lowest BCUT2D eigenvalue weighted by molar-refractivity contribution is 0.0996. The van der Waals surface area contributed by atoms with Gasteiger partial charge in [-0.2, -0.15) is 0 Å². The van der Waals surface area contributed by atoms with E-state index in [0.29, 0.717) is 17.2 Å². The SMILES string of the molecule is COc1ccc(OC)c(NC(=O)c2cnco2)c1. The van der Waals surface area contributed by atoms with E-state index >= 15 is 0 Å².